The van der Waals surface area contributed by atoms with Crippen molar-refractivity contribution >= 4 is 11.6 Å². The number of nitrogens with zero attached hydrogens (tertiary/aromatic N) is 1. The predicted octanol–water partition coefficient (Wildman–Crippen LogP) is 4.37. The van der Waals surface area contributed by atoms with Crippen LogP contribution in [0.1, 0.15) is 17.5 Å². The third-order valence-corrected chi connectivity index (χ3v) is 3.16. The largest absolute Gasteiger partial charge is 0.493 e. The highest BCUT2D eigenvalue weighted by Crippen LogP contribution is 2.22. The molecule has 0 aliphatic heterocycles. The van der Waals surface area contributed by atoms with Gasteiger partial charge in [0.1, 0.15) is 11.5 Å². The second-order valence-electron chi connectivity index (χ2n) is 4.60. The lowest BCUT2D eigenvalue weighted by Gasteiger charge is -2.10. The van der Waals surface area contributed by atoms with Gasteiger partial charge in [0.05, 0.1) is 24.8 Å². The Morgan fingerprint density at radius 3 is 2.71 bits per heavy atom. The predicted molar refractivity (Wildman–Crippen MR) is 83.0 cm³/mol. The first kappa shape index (κ1) is 15.2. The molecule has 0 bridgehead atoms. The van der Waals surface area contributed by atoms with Crippen LogP contribution in [0.2, 0.25) is 5.02 Å². The first-order valence-electron chi connectivity index (χ1n) is 6.71. The minimum absolute atomic E-state index is 0.536. The molecule has 0 aliphatic carbocycles. The van der Waals surface area contributed by atoms with E-state index in [0.29, 0.717) is 29.5 Å². The fourth-order valence-corrected chi connectivity index (χ4v) is 1.98. The van der Waals surface area contributed by atoms with Crippen molar-refractivity contribution in [2.45, 2.75) is 13.3 Å². The van der Waals surface area contributed by atoms with E-state index in [9.17, 15) is 0 Å². The molecule has 0 aromatic heterocycles. The standard InChI is InChI=1S/C17H16ClNO2/c1-13-6-7-15(18)11-17(13)21-9-3-8-20-16-5-2-4-14(10-16)12-19/h2,4-7,10-11H,3,8-9H2,1H3. The smallest absolute Gasteiger partial charge is 0.123 e. The van der Waals surface area contributed by atoms with Crippen LogP contribution in [-0.4, -0.2) is 13.2 Å². The molecule has 0 N–H and O–H groups in total. The van der Waals surface area contributed by atoms with Crippen molar-refractivity contribution in [1.82, 2.24) is 0 Å². The highest BCUT2D eigenvalue weighted by molar-refractivity contribution is 6.30. The van der Waals surface area contributed by atoms with E-state index in [2.05, 4.69) is 6.07 Å². The van der Waals surface area contributed by atoms with Gasteiger partial charge in [-0.1, -0.05) is 23.7 Å². The van der Waals surface area contributed by atoms with E-state index in [4.69, 9.17) is 26.3 Å². The molecule has 21 heavy (non-hydrogen) atoms. The van der Waals surface area contributed by atoms with Crippen molar-refractivity contribution in [2.24, 2.45) is 0 Å². The summed E-state index contributed by atoms with van der Waals surface area (Å²) in [6.45, 7) is 3.07. The Kier molecular flexibility index (Phi) is 5.48. The number of aryl methyl sites for hydroxylation is 1. The Bertz CT molecular complexity index is 649. The van der Waals surface area contributed by atoms with Gasteiger partial charge >= 0.3 is 0 Å². The number of nitriles is 1. The highest BCUT2D eigenvalue weighted by Gasteiger charge is 2.01. The van der Waals surface area contributed by atoms with Crippen LogP contribution < -0.4 is 9.47 Å². The van der Waals surface area contributed by atoms with Gasteiger partial charge in [-0.05, 0) is 42.8 Å². The maximum Gasteiger partial charge on any atom is 0.123 e. The molecule has 2 rings (SSSR count). The van der Waals surface area contributed by atoms with Gasteiger partial charge in [0.15, 0.2) is 0 Å². The number of benzene rings is 2. The molecule has 0 amide bonds. The van der Waals surface area contributed by atoms with Gasteiger partial charge in [0, 0.05) is 11.4 Å². The summed E-state index contributed by atoms with van der Waals surface area (Å²) in [5.74, 6) is 1.50. The van der Waals surface area contributed by atoms with Crippen molar-refractivity contribution in [3.63, 3.8) is 0 Å². The summed E-state index contributed by atoms with van der Waals surface area (Å²) in [6.07, 6.45) is 0.753. The molecule has 108 valence electrons. The van der Waals surface area contributed by atoms with Crippen LogP contribution in [0.25, 0.3) is 0 Å². The Labute approximate surface area is 129 Å². The molecule has 4 heteroatoms. The number of hydrogen-bond acceptors (Lipinski definition) is 3. The van der Waals surface area contributed by atoms with Gasteiger partial charge in [-0.25, -0.2) is 0 Å². The lowest BCUT2D eigenvalue weighted by atomic mass is 10.2. The molecule has 0 saturated heterocycles. The van der Waals surface area contributed by atoms with E-state index in [0.717, 1.165) is 17.7 Å². The van der Waals surface area contributed by atoms with E-state index in [1.165, 1.54) is 0 Å². The Balaban J connectivity index is 1.75. The molecule has 0 aliphatic rings. The number of halogens is 1. The average molecular weight is 302 g/mol. The fraction of sp³-hybridized carbons (Fsp3) is 0.235. The van der Waals surface area contributed by atoms with E-state index >= 15 is 0 Å². The molecule has 0 spiro atoms. The third-order valence-electron chi connectivity index (χ3n) is 2.93. The van der Waals surface area contributed by atoms with Crippen molar-refractivity contribution in [1.29, 1.82) is 5.26 Å². The molecule has 0 saturated carbocycles. The number of hydrogen-bond donors (Lipinski definition) is 0. The topological polar surface area (TPSA) is 42.2 Å². The monoisotopic (exact) mass is 301 g/mol. The van der Waals surface area contributed by atoms with Gasteiger partial charge in [-0.2, -0.15) is 5.26 Å². The first-order valence-corrected chi connectivity index (χ1v) is 7.09. The Hall–Kier alpha value is -2.18. The zero-order chi connectivity index (χ0) is 15.1. The molecule has 3 nitrogen and oxygen atoms in total. The van der Waals surface area contributed by atoms with Crippen molar-refractivity contribution in [3.05, 3.63) is 58.6 Å². The second-order valence-corrected chi connectivity index (χ2v) is 5.04. The number of rotatable bonds is 6. The van der Waals surface area contributed by atoms with Gasteiger partial charge in [-0.15, -0.1) is 0 Å². The van der Waals surface area contributed by atoms with Crippen LogP contribution in [0.4, 0.5) is 0 Å². The summed E-state index contributed by atoms with van der Waals surface area (Å²) >= 11 is 5.93. The summed E-state index contributed by atoms with van der Waals surface area (Å²) in [5, 5.41) is 9.48. The third kappa shape index (κ3) is 4.70. The SMILES string of the molecule is Cc1ccc(Cl)cc1OCCCOc1cccc(C#N)c1. The summed E-state index contributed by atoms with van der Waals surface area (Å²) in [5.41, 5.74) is 1.65. The average Bonchev–Trinajstić information content (AvgIpc) is 2.50. The minimum atomic E-state index is 0.536. The van der Waals surface area contributed by atoms with Crippen LogP contribution in [0, 0.1) is 18.3 Å². The molecule has 0 heterocycles. The van der Waals surface area contributed by atoms with Crippen LogP contribution in [0.5, 0.6) is 11.5 Å². The molecule has 2 aromatic carbocycles. The van der Waals surface area contributed by atoms with Crippen molar-refractivity contribution in [2.75, 3.05) is 13.2 Å². The summed E-state index contributed by atoms with van der Waals surface area (Å²) in [6, 6.07) is 14.8. The van der Waals surface area contributed by atoms with Crippen LogP contribution in [0.15, 0.2) is 42.5 Å². The maximum atomic E-state index is 8.81. The van der Waals surface area contributed by atoms with Gasteiger partial charge in [-0.3, -0.25) is 0 Å². The number of ether oxygens (including phenoxy) is 2. The normalized spacial score (nSPS) is 9.95. The fourth-order valence-electron chi connectivity index (χ4n) is 1.82. The molecule has 2 aromatic rings. The maximum absolute atomic E-state index is 8.81. The van der Waals surface area contributed by atoms with Gasteiger partial charge < -0.3 is 9.47 Å². The first-order chi connectivity index (χ1) is 10.2. The van der Waals surface area contributed by atoms with E-state index in [1.54, 1.807) is 18.2 Å². The van der Waals surface area contributed by atoms with Crippen molar-refractivity contribution < 1.29 is 9.47 Å². The Morgan fingerprint density at radius 1 is 1.10 bits per heavy atom. The van der Waals surface area contributed by atoms with Gasteiger partial charge in [0.2, 0.25) is 0 Å². The van der Waals surface area contributed by atoms with E-state index in [-0.39, 0.29) is 0 Å². The molecule has 0 radical (unpaired) electrons. The van der Waals surface area contributed by atoms with Crippen LogP contribution in [0.3, 0.4) is 0 Å². The molecule has 0 atom stereocenters. The summed E-state index contributed by atoms with van der Waals surface area (Å²) in [7, 11) is 0. The molecule has 0 unspecified atom stereocenters. The highest BCUT2D eigenvalue weighted by atomic mass is 35.5. The minimum Gasteiger partial charge on any atom is -0.493 e. The molecule has 0 fully saturated rings. The zero-order valence-electron chi connectivity index (χ0n) is 11.8. The molecular formula is C17H16ClNO2. The lowest BCUT2D eigenvalue weighted by Crippen LogP contribution is -2.05. The second kappa shape index (κ2) is 7.56. The molecular weight excluding hydrogens is 286 g/mol. The lowest BCUT2D eigenvalue weighted by molar-refractivity contribution is 0.246. The van der Waals surface area contributed by atoms with Crippen LogP contribution >= 0.6 is 11.6 Å². The van der Waals surface area contributed by atoms with Crippen molar-refractivity contribution in [3.8, 4) is 17.6 Å². The van der Waals surface area contributed by atoms with Gasteiger partial charge in [0.25, 0.3) is 0 Å². The summed E-state index contributed by atoms with van der Waals surface area (Å²) in [4.78, 5) is 0. The Morgan fingerprint density at radius 2 is 1.90 bits per heavy atom. The quantitative estimate of drug-likeness (QED) is 0.744. The summed E-state index contributed by atoms with van der Waals surface area (Å²) < 4.78 is 11.3. The zero-order valence-corrected chi connectivity index (χ0v) is 12.6. The van der Waals surface area contributed by atoms with E-state index in [1.807, 2.05) is 31.2 Å². The van der Waals surface area contributed by atoms with Crippen LogP contribution in [-0.2, 0) is 0 Å². The van der Waals surface area contributed by atoms with E-state index < -0.39 is 0 Å².